The fourth-order valence-corrected chi connectivity index (χ4v) is 1.99. The smallest absolute Gasteiger partial charge is 0.335 e. The second-order valence-electron chi connectivity index (χ2n) is 4.39. The molecule has 16 heavy (non-hydrogen) atoms. The molecule has 1 aliphatic rings. The van der Waals surface area contributed by atoms with Crippen LogP contribution in [0.5, 0.6) is 0 Å². The largest absolute Gasteiger partial charge is 0.478 e. The fraction of sp³-hybridized carbons (Fsp3) is 0.417. The number of aliphatic hydroxyl groups is 1. The molecule has 2 rings (SSSR count). The molecule has 1 aromatic rings. The predicted octanol–water partition coefficient (Wildman–Crippen LogP) is 1.17. The molecule has 1 aliphatic heterocycles. The first-order valence-corrected chi connectivity index (χ1v) is 5.12. The highest BCUT2D eigenvalue weighted by Gasteiger charge is 2.32. The van der Waals surface area contributed by atoms with Gasteiger partial charge in [0, 0.05) is 5.41 Å². The molecule has 0 saturated carbocycles. The summed E-state index contributed by atoms with van der Waals surface area (Å²) in [6.45, 7) is 2.71. The summed E-state index contributed by atoms with van der Waals surface area (Å²) in [5.74, 6) is -0.949. The van der Waals surface area contributed by atoms with E-state index in [1.165, 1.54) is 0 Å². The second kappa shape index (κ2) is 3.88. The van der Waals surface area contributed by atoms with Crippen molar-refractivity contribution in [3.05, 3.63) is 34.9 Å². The molecule has 2 N–H and O–H groups in total. The molecule has 0 aromatic heterocycles. The Morgan fingerprint density at radius 1 is 1.56 bits per heavy atom. The minimum absolute atomic E-state index is 0.0525. The highest BCUT2D eigenvalue weighted by atomic mass is 16.5. The fourth-order valence-electron chi connectivity index (χ4n) is 1.99. The lowest BCUT2D eigenvalue weighted by Crippen LogP contribution is -2.37. The number of ether oxygens (including phenoxy) is 1. The number of carboxylic acids is 1. The van der Waals surface area contributed by atoms with Crippen LogP contribution in [0.4, 0.5) is 0 Å². The van der Waals surface area contributed by atoms with Gasteiger partial charge in [0.25, 0.3) is 0 Å². The van der Waals surface area contributed by atoms with Crippen LogP contribution < -0.4 is 0 Å². The molecular formula is C12H14O4. The van der Waals surface area contributed by atoms with Gasteiger partial charge in [-0.05, 0) is 23.3 Å². The summed E-state index contributed by atoms with van der Waals surface area (Å²) in [4.78, 5) is 10.9. The van der Waals surface area contributed by atoms with Crippen molar-refractivity contribution in [2.75, 3.05) is 13.2 Å². The van der Waals surface area contributed by atoms with Crippen molar-refractivity contribution in [1.82, 2.24) is 0 Å². The lowest BCUT2D eigenvalue weighted by Gasteiger charge is -2.34. The molecule has 4 heteroatoms. The van der Waals surface area contributed by atoms with Crippen LogP contribution in [-0.2, 0) is 16.8 Å². The highest BCUT2D eigenvalue weighted by Crippen LogP contribution is 2.32. The topological polar surface area (TPSA) is 66.8 Å². The number of hydrogen-bond acceptors (Lipinski definition) is 3. The lowest BCUT2D eigenvalue weighted by molar-refractivity contribution is 0.0316. The summed E-state index contributed by atoms with van der Waals surface area (Å²) in [5.41, 5.74) is 1.58. The number of aromatic carboxylic acids is 1. The Hall–Kier alpha value is -1.39. The van der Waals surface area contributed by atoms with Crippen molar-refractivity contribution in [3.8, 4) is 0 Å². The SMILES string of the molecule is CC1(CO)COCc2ccc(C(=O)O)cc21. The maximum absolute atomic E-state index is 10.9. The van der Waals surface area contributed by atoms with Crippen molar-refractivity contribution in [1.29, 1.82) is 0 Å². The molecule has 1 aromatic carbocycles. The summed E-state index contributed by atoms with van der Waals surface area (Å²) in [6.07, 6.45) is 0. The molecule has 0 spiro atoms. The number of benzene rings is 1. The van der Waals surface area contributed by atoms with Gasteiger partial charge in [-0.2, -0.15) is 0 Å². The van der Waals surface area contributed by atoms with Crippen LogP contribution in [0.3, 0.4) is 0 Å². The zero-order valence-electron chi connectivity index (χ0n) is 9.06. The maximum Gasteiger partial charge on any atom is 0.335 e. The zero-order chi connectivity index (χ0) is 11.8. The standard InChI is InChI=1S/C12H14O4/c1-12(6-13)7-16-5-9-3-2-8(11(14)15)4-10(9)12/h2-4,13H,5-7H2,1H3,(H,14,15). The molecule has 1 atom stereocenters. The van der Waals surface area contributed by atoms with Crippen molar-refractivity contribution in [2.45, 2.75) is 18.9 Å². The van der Waals surface area contributed by atoms with Gasteiger partial charge in [-0.15, -0.1) is 0 Å². The third kappa shape index (κ3) is 1.70. The Bertz CT molecular complexity index is 427. The minimum atomic E-state index is -0.949. The Labute approximate surface area is 93.5 Å². The van der Waals surface area contributed by atoms with Crippen molar-refractivity contribution < 1.29 is 19.7 Å². The van der Waals surface area contributed by atoms with Crippen LogP contribution in [0.15, 0.2) is 18.2 Å². The van der Waals surface area contributed by atoms with E-state index in [1.807, 2.05) is 6.92 Å². The van der Waals surface area contributed by atoms with Crippen LogP contribution in [0, 0.1) is 0 Å². The van der Waals surface area contributed by atoms with Gasteiger partial charge in [0.05, 0.1) is 25.4 Å². The number of fused-ring (bicyclic) bond motifs is 1. The van der Waals surface area contributed by atoms with Gasteiger partial charge >= 0.3 is 5.97 Å². The molecule has 1 unspecified atom stereocenters. The summed E-state index contributed by atoms with van der Waals surface area (Å²) in [5, 5.41) is 18.3. The van der Waals surface area contributed by atoms with Gasteiger partial charge in [-0.1, -0.05) is 13.0 Å². The third-order valence-electron chi connectivity index (χ3n) is 3.03. The lowest BCUT2D eigenvalue weighted by atomic mass is 9.79. The first-order valence-electron chi connectivity index (χ1n) is 5.12. The third-order valence-corrected chi connectivity index (χ3v) is 3.03. The molecular weight excluding hydrogens is 208 g/mol. The van der Waals surface area contributed by atoms with E-state index in [4.69, 9.17) is 9.84 Å². The summed E-state index contributed by atoms with van der Waals surface area (Å²) >= 11 is 0. The molecule has 0 aliphatic carbocycles. The van der Waals surface area contributed by atoms with E-state index in [9.17, 15) is 9.90 Å². The van der Waals surface area contributed by atoms with Gasteiger partial charge < -0.3 is 14.9 Å². The summed E-state index contributed by atoms with van der Waals surface area (Å²) in [7, 11) is 0. The monoisotopic (exact) mass is 222 g/mol. The first kappa shape index (κ1) is 11.1. The van der Waals surface area contributed by atoms with Gasteiger partial charge in [0.15, 0.2) is 0 Å². The van der Waals surface area contributed by atoms with Crippen LogP contribution in [0.1, 0.15) is 28.4 Å². The quantitative estimate of drug-likeness (QED) is 0.788. The normalized spacial score (nSPS) is 23.9. The molecule has 0 bridgehead atoms. The summed E-state index contributed by atoms with van der Waals surface area (Å²) in [6, 6.07) is 4.95. The van der Waals surface area contributed by atoms with Crippen molar-refractivity contribution >= 4 is 5.97 Å². The Morgan fingerprint density at radius 3 is 2.94 bits per heavy atom. The van der Waals surface area contributed by atoms with Gasteiger partial charge in [-0.25, -0.2) is 4.79 Å². The van der Waals surface area contributed by atoms with Crippen molar-refractivity contribution in [2.24, 2.45) is 0 Å². The maximum atomic E-state index is 10.9. The Morgan fingerprint density at radius 2 is 2.31 bits per heavy atom. The molecule has 0 radical (unpaired) electrons. The van der Waals surface area contributed by atoms with E-state index in [-0.39, 0.29) is 12.2 Å². The van der Waals surface area contributed by atoms with Crippen LogP contribution >= 0.6 is 0 Å². The highest BCUT2D eigenvalue weighted by molar-refractivity contribution is 5.88. The van der Waals surface area contributed by atoms with E-state index < -0.39 is 11.4 Å². The average molecular weight is 222 g/mol. The zero-order valence-corrected chi connectivity index (χ0v) is 9.06. The molecule has 1 heterocycles. The second-order valence-corrected chi connectivity index (χ2v) is 4.39. The van der Waals surface area contributed by atoms with Gasteiger partial charge in [-0.3, -0.25) is 0 Å². The number of carboxylic acid groups (broad SMARTS) is 1. The van der Waals surface area contributed by atoms with E-state index >= 15 is 0 Å². The number of hydrogen-bond donors (Lipinski definition) is 2. The van der Waals surface area contributed by atoms with E-state index in [2.05, 4.69) is 0 Å². The molecule has 4 nitrogen and oxygen atoms in total. The van der Waals surface area contributed by atoms with Crippen LogP contribution in [-0.4, -0.2) is 29.4 Å². The van der Waals surface area contributed by atoms with Crippen LogP contribution in [0.25, 0.3) is 0 Å². The van der Waals surface area contributed by atoms with E-state index in [0.717, 1.165) is 11.1 Å². The Kier molecular flexibility index (Phi) is 2.69. The van der Waals surface area contributed by atoms with Gasteiger partial charge in [0.2, 0.25) is 0 Å². The first-order chi connectivity index (χ1) is 7.57. The average Bonchev–Trinajstić information content (AvgIpc) is 2.29. The van der Waals surface area contributed by atoms with Crippen LogP contribution in [0.2, 0.25) is 0 Å². The molecule has 0 fully saturated rings. The number of carbonyl (C=O) groups is 1. The van der Waals surface area contributed by atoms with Crippen molar-refractivity contribution in [3.63, 3.8) is 0 Å². The minimum Gasteiger partial charge on any atom is -0.478 e. The molecule has 0 amide bonds. The summed E-state index contributed by atoms with van der Waals surface area (Å²) < 4.78 is 5.40. The predicted molar refractivity (Wildman–Crippen MR) is 57.5 cm³/mol. The number of rotatable bonds is 2. The Balaban J connectivity index is 2.53. The molecule has 0 saturated heterocycles. The molecule has 86 valence electrons. The van der Waals surface area contributed by atoms with Gasteiger partial charge in [0.1, 0.15) is 0 Å². The van der Waals surface area contributed by atoms with E-state index in [0.29, 0.717) is 13.2 Å². The number of aliphatic hydroxyl groups excluding tert-OH is 1. The van der Waals surface area contributed by atoms with E-state index in [1.54, 1.807) is 18.2 Å².